The summed E-state index contributed by atoms with van der Waals surface area (Å²) in [5, 5.41) is 10.8. The number of nitrogens with one attached hydrogen (secondary N) is 1. The lowest BCUT2D eigenvalue weighted by Crippen LogP contribution is -2.52. The average molecular weight is 372 g/mol. The van der Waals surface area contributed by atoms with Crippen LogP contribution >= 0.6 is 0 Å². The van der Waals surface area contributed by atoms with Gasteiger partial charge in [-0.1, -0.05) is 27.7 Å². The van der Waals surface area contributed by atoms with Crippen molar-refractivity contribution in [2.45, 2.75) is 63.3 Å². The van der Waals surface area contributed by atoms with E-state index in [0.717, 1.165) is 4.57 Å². The molecule has 9 nitrogen and oxygen atoms in total. The molecule has 0 aliphatic carbocycles. The van der Waals surface area contributed by atoms with Gasteiger partial charge in [0.2, 0.25) is 0 Å². The van der Waals surface area contributed by atoms with E-state index in [2.05, 4.69) is 4.98 Å². The molecule has 3 rings (SSSR count). The highest BCUT2D eigenvalue weighted by molar-refractivity contribution is 6.70. The third kappa shape index (κ3) is 3.13. The molecule has 2 saturated heterocycles. The number of nitrogens with zero attached hydrogens (tertiary/aromatic N) is 1. The number of aromatic amines is 1. The zero-order chi connectivity index (χ0) is 18.4. The van der Waals surface area contributed by atoms with E-state index < -0.39 is 44.3 Å². The molecule has 10 heteroatoms. The molecule has 1 aromatic heterocycles. The first kappa shape index (κ1) is 18.5. The van der Waals surface area contributed by atoms with E-state index in [9.17, 15) is 14.7 Å². The molecule has 140 valence electrons. The summed E-state index contributed by atoms with van der Waals surface area (Å²) >= 11 is 0. The van der Waals surface area contributed by atoms with Crippen LogP contribution in [0.3, 0.4) is 0 Å². The van der Waals surface area contributed by atoms with Gasteiger partial charge in [-0.3, -0.25) is 18.9 Å². The first-order chi connectivity index (χ1) is 11.8. The van der Waals surface area contributed by atoms with Crippen LogP contribution in [0, 0.1) is 0 Å². The highest BCUT2D eigenvalue weighted by Crippen LogP contribution is 2.42. The van der Waals surface area contributed by atoms with Crippen LogP contribution in [0.4, 0.5) is 0 Å². The third-order valence-corrected chi connectivity index (χ3v) is 9.02. The Morgan fingerprint density at radius 2 is 1.96 bits per heavy atom. The fourth-order valence-electron chi connectivity index (χ4n) is 3.41. The average Bonchev–Trinajstić information content (AvgIpc) is 2.71. The van der Waals surface area contributed by atoms with Crippen molar-refractivity contribution in [1.82, 2.24) is 9.55 Å². The summed E-state index contributed by atoms with van der Waals surface area (Å²) in [5.74, 6) is 0. The molecule has 4 atom stereocenters. The van der Waals surface area contributed by atoms with Crippen molar-refractivity contribution in [2.75, 3.05) is 6.61 Å². The number of aromatic nitrogens is 2. The van der Waals surface area contributed by atoms with Crippen LogP contribution in [0.1, 0.15) is 33.9 Å². The highest BCUT2D eigenvalue weighted by Gasteiger charge is 2.57. The lowest BCUT2D eigenvalue weighted by molar-refractivity contribution is -0.242. The monoisotopic (exact) mass is 372 g/mol. The van der Waals surface area contributed by atoms with E-state index >= 15 is 0 Å². The van der Waals surface area contributed by atoms with Gasteiger partial charge in [0.05, 0.1) is 0 Å². The Kier molecular flexibility index (Phi) is 5.01. The van der Waals surface area contributed by atoms with Gasteiger partial charge in [0, 0.05) is 12.3 Å². The maximum atomic E-state index is 12.0. The largest absolute Gasteiger partial charge is 0.386 e. The van der Waals surface area contributed by atoms with Gasteiger partial charge in [0.1, 0.15) is 24.9 Å². The summed E-state index contributed by atoms with van der Waals surface area (Å²) in [5.41, 5.74) is -0.981. The molecule has 0 unspecified atom stereocenters. The number of ether oxygens (including phenoxy) is 1. The second kappa shape index (κ2) is 6.78. The third-order valence-electron chi connectivity index (χ3n) is 4.79. The molecule has 25 heavy (non-hydrogen) atoms. The molecule has 0 radical (unpaired) electrons. The van der Waals surface area contributed by atoms with Gasteiger partial charge < -0.3 is 14.3 Å². The SMILES string of the molecule is CC(C)[Si]1(C(C)C)OOC[C@H]2O[C@@H](n3ccc(=O)[nH]c3=O)[C@H](O)[C@@H]2O1. The molecular formula is C15H24N2O7Si. The molecule has 0 aromatic carbocycles. The van der Waals surface area contributed by atoms with Gasteiger partial charge in [-0.15, -0.1) is 0 Å². The minimum Gasteiger partial charge on any atom is -0.386 e. The number of hydrogen-bond acceptors (Lipinski definition) is 7. The predicted octanol–water partition coefficient (Wildman–Crippen LogP) is 0.404. The summed E-state index contributed by atoms with van der Waals surface area (Å²) in [7, 11) is -2.78. The lowest BCUT2D eigenvalue weighted by atomic mass is 10.1. The highest BCUT2D eigenvalue weighted by atomic mass is 28.4. The maximum Gasteiger partial charge on any atom is 0.380 e. The molecule has 0 amide bonds. The van der Waals surface area contributed by atoms with E-state index in [1.807, 2.05) is 27.7 Å². The van der Waals surface area contributed by atoms with Gasteiger partial charge >= 0.3 is 14.3 Å². The van der Waals surface area contributed by atoms with Gasteiger partial charge in [-0.25, -0.2) is 9.68 Å². The van der Waals surface area contributed by atoms with Crippen LogP contribution in [0.25, 0.3) is 0 Å². The molecular weight excluding hydrogens is 348 g/mol. The Balaban J connectivity index is 1.92. The van der Waals surface area contributed by atoms with Gasteiger partial charge in [0.15, 0.2) is 6.23 Å². The summed E-state index contributed by atoms with van der Waals surface area (Å²) in [6.07, 6.45) is -2.02. The minimum atomic E-state index is -2.78. The van der Waals surface area contributed by atoms with Gasteiger partial charge in [0.25, 0.3) is 5.56 Å². The first-order valence-electron chi connectivity index (χ1n) is 8.39. The smallest absolute Gasteiger partial charge is 0.380 e. The fraction of sp³-hybridized carbons (Fsp3) is 0.733. The van der Waals surface area contributed by atoms with Crippen molar-refractivity contribution < 1.29 is 23.7 Å². The molecule has 3 heterocycles. The van der Waals surface area contributed by atoms with E-state index in [1.165, 1.54) is 12.3 Å². The van der Waals surface area contributed by atoms with Crippen LogP contribution in [-0.2, 0) is 18.6 Å². The Hall–Kier alpha value is -1.30. The molecule has 2 aliphatic rings. The maximum absolute atomic E-state index is 12.0. The first-order valence-corrected chi connectivity index (χ1v) is 10.4. The Morgan fingerprint density at radius 3 is 2.56 bits per heavy atom. The summed E-state index contributed by atoms with van der Waals surface area (Å²) in [6.45, 7) is 8.10. The van der Waals surface area contributed by atoms with Crippen molar-refractivity contribution in [2.24, 2.45) is 0 Å². The van der Waals surface area contributed by atoms with Crippen molar-refractivity contribution in [3.8, 4) is 0 Å². The molecule has 1 aromatic rings. The van der Waals surface area contributed by atoms with Crippen LogP contribution in [0.15, 0.2) is 21.9 Å². The normalized spacial score (nSPS) is 32.0. The topological polar surface area (TPSA) is 112 Å². The van der Waals surface area contributed by atoms with Crippen LogP contribution in [0.5, 0.6) is 0 Å². The standard InChI is InChI=1S/C15H24N2O7Si/c1-8(2)25(9(3)4)23-13-10(7-21-24-25)22-14(12(13)19)17-6-5-11(18)16-15(17)20/h5-6,8-10,12-14,19H,7H2,1-4H3,(H,16,18,20)/t10-,12-,13-,14-/m1/s1. The van der Waals surface area contributed by atoms with E-state index in [-0.39, 0.29) is 17.7 Å². The van der Waals surface area contributed by atoms with Crippen molar-refractivity contribution in [3.63, 3.8) is 0 Å². The number of hydrogen-bond donors (Lipinski definition) is 2. The van der Waals surface area contributed by atoms with Gasteiger partial charge in [-0.05, 0) is 11.1 Å². The van der Waals surface area contributed by atoms with E-state index in [0.29, 0.717) is 0 Å². The molecule has 0 saturated carbocycles. The number of H-pyrrole nitrogens is 1. The zero-order valence-corrected chi connectivity index (χ0v) is 15.7. The van der Waals surface area contributed by atoms with Crippen molar-refractivity contribution in [1.29, 1.82) is 0 Å². The van der Waals surface area contributed by atoms with Crippen LogP contribution < -0.4 is 11.2 Å². The molecule has 0 spiro atoms. The number of aliphatic hydroxyl groups is 1. The Labute approximate surface area is 145 Å². The number of fused-ring (bicyclic) bond motifs is 1. The predicted molar refractivity (Wildman–Crippen MR) is 89.1 cm³/mol. The molecule has 2 fully saturated rings. The number of aliphatic hydroxyl groups excluding tert-OH is 1. The quantitative estimate of drug-likeness (QED) is 0.583. The molecule has 2 aliphatic heterocycles. The van der Waals surface area contributed by atoms with Gasteiger partial charge in [-0.2, -0.15) is 0 Å². The second-order valence-electron chi connectivity index (χ2n) is 7.05. The van der Waals surface area contributed by atoms with Crippen LogP contribution in [0.2, 0.25) is 11.1 Å². The number of rotatable bonds is 3. The lowest BCUT2D eigenvalue weighted by Gasteiger charge is -2.36. The Bertz CT molecular complexity index is 723. The van der Waals surface area contributed by atoms with Crippen molar-refractivity contribution >= 4 is 8.56 Å². The molecule has 2 N–H and O–H groups in total. The second-order valence-corrected chi connectivity index (χ2v) is 11.2. The summed E-state index contributed by atoms with van der Waals surface area (Å²) < 4.78 is 18.9. The Morgan fingerprint density at radius 1 is 1.28 bits per heavy atom. The van der Waals surface area contributed by atoms with E-state index in [1.54, 1.807) is 0 Å². The molecule has 0 bridgehead atoms. The van der Waals surface area contributed by atoms with Crippen molar-refractivity contribution in [3.05, 3.63) is 33.1 Å². The summed E-state index contributed by atoms with van der Waals surface area (Å²) in [4.78, 5) is 30.8. The van der Waals surface area contributed by atoms with Crippen LogP contribution in [-0.4, -0.2) is 48.1 Å². The minimum absolute atomic E-state index is 0.0878. The van der Waals surface area contributed by atoms with E-state index in [4.69, 9.17) is 18.6 Å². The zero-order valence-electron chi connectivity index (χ0n) is 14.7. The fourth-order valence-corrected chi connectivity index (χ4v) is 6.68. The summed E-state index contributed by atoms with van der Waals surface area (Å²) in [6, 6.07) is 1.20.